The number of hydrogen-bond acceptors (Lipinski definition) is 6. The topological polar surface area (TPSA) is 67.7 Å². The van der Waals surface area contributed by atoms with Crippen molar-refractivity contribution in [2.75, 3.05) is 45.3 Å². The van der Waals surface area contributed by atoms with Gasteiger partial charge in [0.05, 0.1) is 30.5 Å². The molecule has 0 spiro atoms. The lowest BCUT2D eigenvalue weighted by Crippen LogP contribution is -2.44. The van der Waals surface area contributed by atoms with Crippen molar-refractivity contribution in [1.82, 2.24) is 14.7 Å². The molecule has 2 aromatic rings. The third-order valence-corrected chi connectivity index (χ3v) is 6.33. The zero-order chi connectivity index (χ0) is 20.1. The van der Waals surface area contributed by atoms with Crippen molar-refractivity contribution < 1.29 is 9.53 Å². The number of likely N-dealkylation sites (N-methyl/N-ethyl adjacent to an activating group) is 1. The van der Waals surface area contributed by atoms with Gasteiger partial charge in [0, 0.05) is 44.7 Å². The van der Waals surface area contributed by atoms with Gasteiger partial charge in [0.2, 0.25) is 5.91 Å². The largest absolute Gasteiger partial charge is 0.383 e. The molecule has 0 aliphatic carbocycles. The molecule has 0 bridgehead atoms. The molecule has 3 rings (SSSR count). The summed E-state index contributed by atoms with van der Waals surface area (Å²) in [5.41, 5.74) is 0.640. The molecule has 1 aliphatic rings. The minimum atomic E-state index is -0.153. The summed E-state index contributed by atoms with van der Waals surface area (Å²) in [5.74, 6) is -0.0311. The Hall–Kier alpha value is -2.19. The molecular weight excluding hydrogens is 376 g/mol. The van der Waals surface area contributed by atoms with Crippen LogP contribution in [0.3, 0.4) is 0 Å². The van der Waals surface area contributed by atoms with Gasteiger partial charge < -0.3 is 14.5 Å². The first-order chi connectivity index (χ1) is 13.5. The van der Waals surface area contributed by atoms with E-state index in [1.54, 1.807) is 30.7 Å². The molecule has 7 nitrogen and oxygen atoms in total. The zero-order valence-corrected chi connectivity index (χ0v) is 17.5. The Bertz CT molecular complexity index is 836. The minimum Gasteiger partial charge on any atom is -0.383 e. The van der Waals surface area contributed by atoms with Gasteiger partial charge in [-0.05, 0) is 31.2 Å². The van der Waals surface area contributed by atoms with Crippen LogP contribution in [-0.4, -0.2) is 61.0 Å². The van der Waals surface area contributed by atoms with E-state index in [0.29, 0.717) is 19.7 Å². The highest BCUT2D eigenvalue weighted by atomic mass is 32.1. The van der Waals surface area contributed by atoms with Crippen LogP contribution in [0.2, 0.25) is 0 Å². The number of piperidine rings is 1. The Morgan fingerprint density at radius 1 is 1.50 bits per heavy atom. The molecule has 3 heterocycles. The second kappa shape index (κ2) is 9.34. The van der Waals surface area contributed by atoms with Crippen LogP contribution in [-0.2, 0) is 9.53 Å². The average molecular weight is 405 g/mol. The number of carbonyl (C=O) groups excluding carboxylic acids is 1. The molecule has 0 radical (unpaired) electrons. The van der Waals surface area contributed by atoms with Gasteiger partial charge in [0.1, 0.15) is 0 Å². The van der Waals surface area contributed by atoms with Crippen molar-refractivity contribution in [3.05, 3.63) is 45.0 Å². The van der Waals surface area contributed by atoms with Crippen LogP contribution in [0, 0.1) is 0 Å². The molecule has 0 unspecified atom stereocenters. The lowest BCUT2D eigenvalue weighted by Gasteiger charge is -2.34. The molecular formula is C20H28N4O3S. The summed E-state index contributed by atoms with van der Waals surface area (Å²) < 4.78 is 6.61. The fraction of sp³-hybridized carbons (Fsp3) is 0.550. The van der Waals surface area contributed by atoms with Gasteiger partial charge in [-0.2, -0.15) is 5.10 Å². The third-order valence-electron chi connectivity index (χ3n) is 5.28. The van der Waals surface area contributed by atoms with Crippen molar-refractivity contribution in [1.29, 1.82) is 0 Å². The third kappa shape index (κ3) is 4.62. The normalized spacial score (nSPS) is 18.1. The molecule has 1 saturated heterocycles. The molecule has 1 fully saturated rings. The van der Waals surface area contributed by atoms with Gasteiger partial charge in [-0.15, -0.1) is 11.3 Å². The van der Waals surface area contributed by atoms with Crippen LogP contribution in [0.5, 0.6) is 0 Å². The summed E-state index contributed by atoms with van der Waals surface area (Å²) in [6, 6.07) is 5.49. The number of nitrogens with zero attached hydrogens (tertiary/aromatic N) is 4. The molecule has 28 heavy (non-hydrogen) atoms. The summed E-state index contributed by atoms with van der Waals surface area (Å²) >= 11 is 1.60. The monoisotopic (exact) mass is 404 g/mol. The van der Waals surface area contributed by atoms with E-state index < -0.39 is 0 Å². The van der Waals surface area contributed by atoms with Crippen molar-refractivity contribution >= 4 is 22.9 Å². The molecule has 8 heteroatoms. The number of likely N-dealkylation sites (tertiary alicyclic amines) is 1. The fourth-order valence-electron chi connectivity index (χ4n) is 3.54. The Morgan fingerprint density at radius 3 is 3.00 bits per heavy atom. The second-order valence-corrected chi connectivity index (χ2v) is 8.21. The summed E-state index contributed by atoms with van der Waals surface area (Å²) in [6.07, 6.45) is 3.44. The van der Waals surface area contributed by atoms with Gasteiger partial charge in [0.15, 0.2) is 0 Å². The van der Waals surface area contributed by atoms with Crippen molar-refractivity contribution in [2.45, 2.75) is 31.7 Å². The summed E-state index contributed by atoms with van der Waals surface area (Å²) in [7, 11) is 3.56. The van der Waals surface area contributed by atoms with Gasteiger partial charge in [0.25, 0.3) is 5.56 Å². The average Bonchev–Trinajstić information content (AvgIpc) is 3.25. The van der Waals surface area contributed by atoms with E-state index in [-0.39, 0.29) is 23.4 Å². The highest BCUT2D eigenvalue weighted by Crippen LogP contribution is 2.26. The van der Waals surface area contributed by atoms with Gasteiger partial charge in [-0.3, -0.25) is 9.59 Å². The first-order valence-corrected chi connectivity index (χ1v) is 10.5. The van der Waals surface area contributed by atoms with Crippen molar-refractivity contribution in [2.24, 2.45) is 0 Å². The number of amides is 1. The molecule has 152 valence electrons. The van der Waals surface area contributed by atoms with E-state index in [9.17, 15) is 9.59 Å². The zero-order valence-electron chi connectivity index (χ0n) is 16.7. The molecule has 0 aromatic carbocycles. The predicted molar refractivity (Wildman–Crippen MR) is 111 cm³/mol. The maximum atomic E-state index is 12.9. The maximum Gasteiger partial charge on any atom is 0.269 e. The van der Waals surface area contributed by atoms with Gasteiger partial charge in [-0.25, -0.2) is 4.68 Å². The molecule has 1 amide bonds. The quantitative estimate of drug-likeness (QED) is 0.709. The minimum absolute atomic E-state index is 0.0842. The molecule has 2 aromatic heterocycles. The Labute approximate surface area is 169 Å². The number of anilines is 1. The van der Waals surface area contributed by atoms with Crippen LogP contribution >= 0.6 is 11.3 Å². The number of ether oxygens (including phenoxy) is 1. The molecule has 1 aliphatic heterocycles. The van der Waals surface area contributed by atoms with E-state index >= 15 is 0 Å². The van der Waals surface area contributed by atoms with E-state index in [2.05, 4.69) is 5.10 Å². The van der Waals surface area contributed by atoms with E-state index in [0.717, 1.165) is 30.0 Å². The smallest absolute Gasteiger partial charge is 0.269 e. The van der Waals surface area contributed by atoms with Crippen LogP contribution in [0.4, 0.5) is 5.69 Å². The second-order valence-electron chi connectivity index (χ2n) is 7.23. The lowest BCUT2D eigenvalue weighted by atomic mass is 10.0. The van der Waals surface area contributed by atoms with Gasteiger partial charge >= 0.3 is 0 Å². The standard InChI is InChI=1S/C20H28N4O3S/c1-15(18-7-5-11-28-18)20(26)23-8-4-6-16(14-23)24-19(25)12-17(13-21-24)22(2)9-10-27-3/h5,7,11-13,15-16H,4,6,8-10,14H2,1-3H3/t15-,16-/m0/s1. The Balaban J connectivity index is 1.70. The highest BCUT2D eigenvalue weighted by Gasteiger charge is 2.29. The highest BCUT2D eigenvalue weighted by molar-refractivity contribution is 7.10. The van der Waals surface area contributed by atoms with Crippen molar-refractivity contribution in [3.8, 4) is 0 Å². The van der Waals surface area contributed by atoms with E-state index in [1.807, 2.05) is 41.3 Å². The molecule has 0 N–H and O–H groups in total. The summed E-state index contributed by atoms with van der Waals surface area (Å²) in [6.45, 7) is 4.49. The number of rotatable bonds is 7. The van der Waals surface area contributed by atoms with Crippen LogP contribution in [0.15, 0.2) is 34.6 Å². The first kappa shape index (κ1) is 20.5. The summed E-state index contributed by atoms with van der Waals surface area (Å²) in [5, 5.41) is 6.40. The van der Waals surface area contributed by atoms with Crippen LogP contribution < -0.4 is 10.5 Å². The van der Waals surface area contributed by atoms with E-state index in [4.69, 9.17) is 4.74 Å². The SMILES string of the molecule is COCCN(C)c1cnn([C@H]2CCCN(C(=O)[C@@H](C)c3cccs3)C2)c(=O)c1. The van der Waals surface area contributed by atoms with Gasteiger partial charge in [-0.1, -0.05) is 6.07 Å². The summed E-state index contributed by atoms with van der Waals surface area (Å²) in [4.78, 5) is 30.5. The van der Waals surface area contributed by atoms with Crippen LogP contribution in [0.1, 0.15) is 36.6 Å². The number of aromatic nitrogens is 2. The maximum absolute atomic E-state index is 12.9. The number of hydrogen-bond donors (Lipinski definition) is 0. The van der Waals surface area contributed by atoms with Crippen LogP contribution in [0.25, 0.3) is 0 Å². The Morgan fingerprint density at radius 2 is 2.32 bits per heavy atom. The Kier molecular flexibility index (Phi) is 6.85. The lowest BCUT2D eigenvalue weighted by molar-refractivity contribution is -0.134. The molecule has 2 atom stereocenters. The van der Waals surface area contributed by atoms with E-state index in [1.165, 1.54) is 4.68 Å². The van der Waals surface area contributed by atoms with Crippen molar-refractivity contribution in [3.63, 3.8) is 0 Å². The number of carbonyl (C=O) groups is 1. The number of methoxy groups -OCH3 is 1. The fourth-order valence-corrected chi connectivity index (χ4v) is 4.31. The number of thiophene rings is 1. The predicted octanol–water partition coefficient (Wildman–Crippen LogP) is 2.35. The molecule has 0 saturated carbocycles. The first-order valence-electron chi connectivity index (χ1n) is 9.62.